The molecule has 0 bridgehead atoms. The second-order valence-corrected chi connectivity index (χ2v) is 9.88. The van der Waals surface area contributed by atoms with E-state index in [0.717, 1.165) is 21.8 Å². The van der Waals surface area contributed by atoms with Crippen molar-refractivity contribution in [2.75, 3.05) is 37.7 Å². The predicted molar refractivity (Wildman–Crippen MR) is 119 cm³/mol. The Hall–Kier alpha value is -1.76. The highest BCUT2D eigenvalue weighted by atomic mass is 35.5. The lowest BCUT2D eigenvalue weighted by Crippen LogP contribution is -2.49. The molecule has 1 aliphatic rings. The first kappa shape index (κ1) is 21.9. The zero-order valence-electron chi connectivity index (χ0n) is 17.5. The second kappa shape index (κ2) is 8.94. The summed E-state index contributed by atoms with van der Waals surface area (Å²) in [5, 5.41) is 0.726. The zero-order chi connectivity index (χ0) is 21.2. The van der Waals surface area contributed by atoms with Crippen LogP contribution in [0.1, 0.15) is 37.8 Å². The first-order valence-corrected chi connectivity index (χ1v) is 11.8. The molecule has 0 saturated carbocycles. The van der Waals surface area contributed by atoms with Gasteiger partial charge in [0.15, 0.2) is 0 Å². The van der Waals surface area contributed by atoms with Crippen molar-refractivity contribution in [3.05, 3.63) is 52.5 Å². The number of halogens is 1. The van der Waals surface area contributed by atoms with Crippen LogP contribution in [0.3, 0.4) is 0 Å². The topological polar surface area (TPSA) is 49.9 Å². The number of hydrogen-bond donors (Lipinski definition) is 0. The van der Waals surface area contributed by atoms with Gasteiger partial charge in [-0.15, -0.1) is 0 Å². The summed E-state index contributed by atoms with van der Waals surface area (Å²) in [4.78, 5) is 2.46. The van der Waals surface area contributed by atoms with Gasteiger partial charge >= 0.3 is 0 Å². The van der Waals surface area contributed by atoms with Crippen molar-refractivity contribution >= 4 is 27.3 Å². The third-order valence-corrected chi connectivity index (χ3v) is 7.70. The molecule has 2 aromatic carbocycles. The summed E-state index contributed by atoms with van der Waals surface area (Å²) in [6.45, 7) is 10.5. The highest BCUT2D eigenvalue weighted by Crippen LogP contribution is 2.32. The van der Waals surface area contributed by atoms with Crippen LogP contribution in [-0.4, -0.2) is 45.5 Å². The maximum absolute atomic E-state index is 13.4. The molecule has 0 spiro atoms. The number of nitrogens with zero attached hydrogens (tertiary/aromatic N) is 2. The monoisotopic (exact) mass is 436 g/mol. The van der Waals surface area contributed by atoms with Gasteiger partial charge in [0.25, 0.3) is 0 Å². The van der Waals surface area contributed by atoms with E-state index >= 15 is 0 Å². The largest absolute Gasteiger partial charge is 0.492 e. The van der Waals surface area contributed by atoms with Crippen LogP contribution in [0.4, 0.5) is 5.69 Å². The molecule has 0 atom stereocenters. The van der Waals surface area contributed by atoms with Gasteiger partial charge < -0.3 is 9.64 Å². The van der Waals surface area contributed by atoms with Gasteiger partial charge in [-0.25, -0.2) is 8.42 Å². The molecule has 0 aromatic heterocycles. The van der Waals surface area contributed by atoms with Crippen molar-refractivity contribution in [1.29, 1.82) is 0 Å². The Labute approximate surface area is 179 Å². The van der Waals surface area contributed by atoms with Crippen molar-refractivity contribution < 1.29 is 13.2 Å². The van der Waals surface area contributed by atoms with Gasteiger partial charge in [0.2, 0.25) is 10.0 Å². The van der Waals surface area contributed by atoms with Crippen LogP contribution >= 0.6 is 11.6 Å². The van der Waals surface area contributed by atoms with Crippen LogP contribution in [0.5, 0.6) is 5.75 Å². The van der Waals surface area contributed by atoms with Gasteiger partial charge in [-0.1, -0.05) is 37.6 Å². The SMILES string of the molecule is CCOc1ccc(C(C)C)cc1S(=O)(=O)N1CCN(c2cccc(Cl)c2C)CC1. The van der Waals surface area contributed by atoms with Crippen molar-refractivity contribution in [1.82, 2.24) is 4.31 Å². The Balaban J connectivity index is 1.85. The van der Waals surface area contributed by atoms with E-state index in [9.17, 15) is 8.42 Å². The fourth-order valence-electron chi connectivity index (χ4n) is 3.61. The van der Waals surface area contributed by atoms with Gasteiger partial charge in [-0.3, -0.25) is 0 Å². The summed E-state index contributed by atoms with van der Waals surface area (Å²) < 4.78 is 34.1. The second-order valence-electron chi connectivity index (χ2n) is 7.57. The molecule has 1 heterocycles. The number of ether oxygens (including phenoxy) is 1. The van der Waals surface area contributed by atoms with E-state index in [1.807, 2.05) is 38.1 Å². The Morgan fingerprint density at radius 1 is 1.10 bits per heavy atom. The number of anilines is 1. The lowest BCUT2D eigenvalue weighted by molar-refractivity contribution is 0.327. The van der Waals surface area contributed by atoms with E-state index in [2.05, 4.69) is 18.7 Å². The molecule has 1 fully saturated rings. The lowest BCUT2D eigenvalue weighted by atomic mass is 10.0. The number of piperazine rings is 1. The average Bonchev–Trinajstić information content (AvgIpc) is 2.70. The summed E-state index contributed by atoms with van der Waals surface area (Å²) in [7, 11) is -3.64. The van der Waals surface area contributed by atoms with Gasteiger partial charge in [0.05, 0.1) is 6.61 Å². The van der Waals surface area contributed by atoms with Crippen LogP contribution < -0.4 is 9.64 Å². The normalized spacial score (nSPS) is 15.7. The predicted octanol–water partition coefficient (Wildman–Crippen LogP) is 4.68. The third-order valence-electron chi connectivity index (χ3n) is 5.37. The fourth-order valence-corrected chi connectivity index (χ4v) is 5.37. The number of hydrogen-bond acceptors (Lipinski definition) is 4. The van der Waals surface area contributed by atoms with E-state index in [4.69, 9.17) is 16.3 Å². The number of sulfonamides is 1. The van der Waals surface area contributed by atoms with Gasteiger partial charge in [-0.2, -0.15) is 4.31 Å². The molecule has 3 rings (SSSR count). The summed E-state index contributed by atoms with van der Waals surface area (Å²) in [6.07, 6.45) is 0. The molecule has 0 N–H and O–H groups in total. The lowest BCUT2D eigenvalue weighted by Gasteiger charge is -2.36. The molecule has 5 nitrogen and oxygen atoms in total. The first-order chi connectivity index (χ1) is 13.8. The molecule has 0 radical (unpaired) electrons. The Morgan fingerprint density at radius 2 is 1.79 bits per heavy atom. The fraction of sp³-hybridized carbons (Fsp3) is 0.455. The van der Waals surface area contributed by atoms with Crippen LogP contribution in [0.15, 0.2) is 41.3 Å². The quantitative estimate of drug-likeness (QED) is 0.659. The molecule has 7 heteroatoms. The van der Waals surface area contributed by atoms with Crippen LogP contribution in [0, 0.1) is 6.92 Å². The minimum absolute atomic E-state index is 0.238. The maximum Gasteiger partial charge on any atom is 0.246 e. The zero-order valence-corrected chi connectivity index (χ0v) is 19.1. The summed E-state index contributed by atoms with van der Waals surface area (Å²) in [5.41, 5.74) is 3.07. The highest BCUT2D eigenvalue weighted by Gasteiger charge is 2.31. The van der Waals surface area contributed by atoms with E-state index < -0.39 is 10.0 Å². The molecule has 29 heavy (non-hydrogen) atoms. The van der Waals surface area contributed by atoms with Gasteiger partial charge in [0.1, 0.15) is 10.6 Å². The first-order valence-electron chi connectivity index (χ1n) is 10.0. The summed E-state index contributed by atoms with van der Waals surface area (Å²) in [6, 6.07) is 11.3. The number of benzene rings is 2. The number of rotatable bonds is 6. The van der Waals surface area contributed by atoms with Crippen LogP contribution in [0.25, 0.3) is 0 Å². The molecule has 2 aromatic rings. The maximum atomic E-state index is 13.4. The molecular weight excluding hydrogens is 408 g/mol. The van der Waals surface area contributed by atoms with Gasteiger partial charge in [-0.05, 0) is 55.2 Å². The van der Waals surface area contributed by atoms with Crippen LogP contribution in [0.2, 0.25) is 5.02 Å². The molecule has 158 valence electrons. The van der Waals surface area contributed by atoms with E-state index in [1.54, 1.807) is 16.4 Å². The highest BCUT2D eigenvalue weighted by molar-refractivity contribution is 7.89. The molecule has 1 saturated heterocycles. The minimum Gasteiger partial charge on any atom is -0.492 e. The van der Waals surface area contributed by atoms with E-state index in [1.165, 1.54) is 0 Å². The molecule has 1 aliphatic heterocycles. The summed E-state index contributed by atoms with van der Waals surface area (Å²) >= 11 is 6.25. The van der Waals surface area contributed by atoms with Crippen molar-refractivity contribution in [2.24, 2.45) is 0 Å². The average molecular weight is 437 g/mol. The smallest absolute Gasteiger partial charge is 0.246 e. The Kier molecular flexibility index (Phi) is 6.76. The van der Waals surface area contributed by atoms with Crippen molar-refractivity contribution in [2.45, 2.75) is 38.5 Å². The Bertz CT molecular complexity index is 968. The Morgan fingerprint density at radius 3 is 2.41 bits per heavy atom. The molecule has 0 amide bonds. The van der Waals surface area contributed by atoms with E-state index in [-0.39, 0.29) is 10.8 Å². The van der Waals surface area contributed by atoms with Crippen LogP contribution in [-0.2, 0) is 10.0 Å². The van der Waals surface area contributed by atoms with Crippen molar-refractivity contribution in [3.8, 4) is 5.75 Å². The third kappa shape index (κ3) is 4.55. The minimum atomic E-state index is -3.64. The van der Waals surface area contributed by atoms with Gasteiger partial charge in [0, 0.05) is 36.9 Å². The standard InChI is InChI=1S/C22H29ClN2O3S/c1-5-28-21-10-9-18(16(2)3)15-22(21)29(26,27)25-13-11-24(12-14-25)20-8-6-7-19(23)17(20)4/h6-10,15-16H,5,11-14H2,1-4H3. The van der Waals surface area contributed by atoms with E-state index in [0.29, 0.717) is 38.5 Å². The summed E-state index contributed by atoms with van der Waals surface area (Å²) in [5.74, 6) is 0.660. The molecule has 0 aliphatic carbocycles. The molecular formula is C22H29ClN2O3S. The van der Waals surface area contributed by atoms with Crippen molar-refractivity contribution in [3.63, 3.8) is 0 Å². The molecule has 0 unspecified atom stereocenters.